The molecule has 0 bridgehead atoms. The first-order chi connectivity index (χ1) is 15.2. The predicted molar refractivity (Wildman–Crippen MR) is 136 cm³/mol. The van der Waals surface area contributed by atoms with E-state index in [1.165, 1.54) is 12.3 Å². The van der Waals surface area contributed by atoms with E-state index in [-0.39, 0.29) is 22.3 Å². The summed E-state index contributed by atoms with van der Waals surface area (Å²) in [6.07, 6.45) is 2.18. The first kappa shape index (κ1) is 27.1. The molecule has 0 atom stereocenters. The van der Waals surface area contributed by atoms with Crippen molar-refractivity contribution in [3.05, 3.63) is 66.1 Å². The van der Waals surface area contributed by atoms with Crippen LogP contribution in [0.3, 0.4) is 0 Å². The number of carbonyl (C=O) groups excluding carboxylic acids is 1. The molecule has 33 heavy (non-hydrogen) atoms. The van der Waals surface area contributed by atoms with E-state index < -0.39 is 17.4 Å². The summed E-state index contributed by atoms with van der Waals surface area (Å²) in [6, 6.07) is 8.15. The summed E-state index contributed by atoms with van der Waals surface area (Å²) >= 11 is 15.3. The maximum atomic E-state index is 12.1. The molecule has 0 radical (unpaired) electrons. The van der Waals surface area contributed by atoms with E-state index in [1.807, 2.05) is 13.8 Å². The number of nitro groups is 1. The Hall–Kier alpha value is -2.16. The van der Waals surface area contributed by atoms with Crippen molar-refractivity contribution in [1.82, 2.24) is 5.43 Å². The van der Waals surface area contributed by atoms with Gasteiger partial charge in [-0.25, -0.2) is 5.43 Å². The molecule has 0 aliphatic carbocycles. The van der Waals surface area contributed by atoms with Gasteiger partial charge in [0.15, 0.2) is 6.61 Å². The van der Waals surface area contributed by atoms with Gasteiger partial charge in [0, 0.05) is 16.7 Å². The van der Waals surface area contributed by atoms with Crippen LogP contribution in [0.4, 0.5) is 5.69 Å². The number of ether oxygens (including phenoxy) is 1. The molecule has 2 aromatic rings. The zero-order valence-electron chi connectivity index (χ0n) is 19.0. The molecule has 0 unspecified atom stereocenters. The van der Waals surface area contributed by atoms with Gasteiger partial charge in [-0.2, -0.15) is 5.10 Å². The van der Waals surface area contributed by atoms with E-state index in [0.717, 1.165) is 12.0 Å². The Bertz CT molecular complexity index is 1080. The lowest BCUT2D eigenvalue weighted by Crippen LogP contribution is -2.26. The van der Waals surface area contributed by atoms with Gasteiger partial charge in [0.2, 0.25) is 5.75 Å². The number of benzene rings is 2. The Morgan fingerprint density at radius 3 is 2.45 bits per heavy atom. The van der Waals surface area contributed by atoms with Gasteiger partial charge in [-0.1, -0.05) is 63.9 Å². The summed E-state index contributed by atoms with van der Waals surface area (Å²) in [4.78, 5) is 23.3. The number of nitro benzene ring substituents is 1. The Balaban J connectivity index is 2.14. The Morgan fingerprint density at radius 1 is 1.21 bits per heavy atom. The van der Waals surface area contributed by atoms with Crippen LogP contribution in [0.5, 0.6) is 5.75 Å². The minimum Gasteiger partial charge on any atom is -0.476 e. The van der Waals surface area contributed by atoms with Crippen LogP contribution in [0, 0.1) is 15.5 Å². The molecule has 178 valence electrons. The molecule has 2 rings (SSSR count). The monoisotopic (exact) mass is 557 g/mol. The van der Waals surface area contributed by atoms with Crippen LogP contribution < -0.4 is 10.2 Å². The van der Waals surface area contributed by atoms with Crippen LogP contribution in [0.1, 0.15) is 52.2 Å². The number of hydrogen-bond acceptors (Lipinski definition) is 5. The lowest BCUT2D eigenvalue weighted by atomic mass is 9.72. The summed E-state index contributed by atoms with van der Waals surface area (Å²) in [6.45, 7) is 9.99. The summed E-state index contributed by atoms with van der Waals surface area (Å²) in [7, 11) is 0. The van der Waals surface area contributed by atoms with Gasteiger partial charge in [0.05, 0.1) is 20.6 Å². The van der Waals surface area contributed by atoms with Gasteiger partial charge in [0.1, 0.15) is 0 Å². The van der Waals surface area contributed by atoms with Crippen LogP contribution in [-0.2, 0) is 10.2 Å². The van der Waals surface area contributed by atoms with Gasteiger partial charge >= 0.3 is 5.69 Å². The maximum Gasteiger partial charge on any atom is 0.312 e. The van der Waals surface area contributed by atoms with E-state index in [1.54, 1.807) is 24.3 Å². The minimum atomic E-state index is -0.588. The highest BCUT2D eigenvalue weighted by Gasteiger charge is 2.31. The molecule has 0 aliphatic heterocycles. The Kier molecular flexibility index (Phi) is 8.90. The standard InChI is InChI=1S/C23H26BrCl2N3O4/c1-22(2,3)13-23(4,5)15-8-17(24)21(19(9-15)29(31)32)33-12-20(30)28-27-11-14-6-7-16(25)10-18(14)26/h6-11H,12-13H2,1-5H3,(H,28,30)/b27-11+. The highest BCUT2D eigenvalue weighted by Crippen LogP contribution is 2.43. The van der Waals surface area contributed by atoms with Crippen molar-refractivity contribution in [2.75, 3.05) is 6.61 Å². The van der Waals surface area contributed by atoms with E-state index >= 15 is 0 Å². The van der Waals surface area contributed by atoms with Crippen molar-refractivity contribution in [1.29, 1.82) is 0 Å². The van der Waals surface area contributed by atoms with Crippen molar-refractivity contribution in [3.63, 3.8) is 0 Å². The van der Waals surface area contributed by atoms with Crippen molar-refractivity contribution in [2.24, 2.45) is 10.5 Å². The van der Waals surface area contributed by atoms with E-state index in [9.17, 15) is 14.9 Å². The molecule has 0 heterocycles. The number of hydrazone groups is 1. The summed E-state index contributed by atoms with van der Waals surface area (Å²) in [5, 5.41) is 16.4. The lowest BCUT2D eigenvalue weighted by Gasteiger charge is -2.33. The van der Waals surface area contributed by atoms with Crippen LogP contribution in [0.2, 0.25) is 10.0 Å². The molecule has 10 heteroatoms. The fourth-order valence-corrected chi connectivity index (χ4v) is 4.65. The first-order valence-corrected chi connectivity index (χ1v) is 11.6. The lowest BCUT2D eigenvalue weighted by molar-refractivity contribution is -0.386. The van der Waals surface area contributed by atoms with E-state index in [2.05, 4.69) is 47.2 Å². The van der Waals surface area contributed by atoms with Crippen molar-refractivity contribution >= 4 is 56.9 Å². The van der Waals surface area contributed by atoms with Crippen LogP contribution in [0.15, 0.2) is 39.9 Å². The third-order valence-electron chi connectivity index (χ3n) is 4.68. The van der Waals surface area contributed by atoms with Gasteiger partial charge < -0.3 is 4.74 Å². The van der Waals surface area contributed by atoms with Gasteiger partial charge in [-0.15, -0.1) is 0 Å². The van der Waals surface area contributed by atoms with E-state index in [4.69, 9.17) is 27.9 Å². The molecule has 2 aromatic carbocycles. The fraction of sp³-hybridized carbons (Fsp3) is 0.391. The Morgan fingerprint density at radius 2 is 1.88 bits per heavy atom. The molecule has 7 nitrogen and oxygen atoms in total. The normalized spacial score (nSPS) is 12.1. The molecule has 0 spiro atoms. The molecule has 0 saturated heterocycles. The molecule has 1 amide bonds. The number of halogens is 3. The van der Waals surface area contributed by atoms with Crippen LogP contribution in [0.25, 0.3) is 0 Å². The molecule has 0 aliphatic rings. The summed E-state index contributed by atoms with van der Waals surface area (Å²) < 4.78 is 5.88. The fourth-order valence-electron chi connectivity index (χ4n) is 3.63. The van der Waals surface area contributed by atoms with E-state index in [0.29, 0.717) is 20.1 Å². The maximum absolute atomic E-state index is 12.1. The molecule has 0 fully saturated rings. The third-order valence-corrected chi connectivity index (χ3v) is 5.83. The summed E-state index contributed by atoms with van der Waals surface area (Å²) in [5.74, 6) is -0.607. The number of nitrogens with zero attached hydrogens (tertiary/aromatic N) is 2. The second-order valence-electron chi connectivity index (χ2n) is 9.43. The molecule has 1 N–H and O–H groups in total. The number of nitrogens with one attached hydrogen (secondary N) is 1. The highest BCUT2D eigenvalue weighted by molar-refractivity contribution is 9.10. The van der Waals surface area contributed by atoms with Crippen LogP contribution in [-0.4, -0.2) is 23.7 Å². The number of hydrogen-bond donors (Lipinski definition) is 1. The highest BCUT2D eigenvalue weighted by atomic mass is 79.9. The molecular weight excluding hydrogens is 533 g/mol. The quantitative estimate of drug-likeness (QED) is 0.216. The van der Waals surface area contributed by atoms with Crippen molar-refractivity contribution in [3.8, 4) is 5.75 Å². The first-order valence-electron chi connectivity index (χ1n) is 10.1. The number of carbonyl (C=O) groups is 1. The summed E-state index contributed by atoms with van der Waals surface area (Å²) in [5.41, 5.74) is 3.18. The van der Waals surface area contributed by atoms with Gasteiger partial charge in [-0.05, 0) is 56.9 Å². The second kappa shape index (κ2) is 10.8. The topological polar surface area (TPSA) is 93.8 Å². The minimum absolute atomic E-state index is 0.0183. The molecule has 0 aromatic heterocycles. The second-order valence-corrected chi connectivity index (χ2v) is 11.1. The predicted octanol–water partition coefficient (Wildman–Crippen LogP) is 6.91. The average Bonchev–Trinajstić information content (AvgIpc) is 2.66. The molecule has 0 saturated carbocycles. The zero-order valence-corrected chi connectivity index (χ0v) is 22.1. The smallest absolute Gasteiger partial charge is 0.312 e. The van der Waals surface area contributed by atoms with Gasteiger partial charge in [0.25, 0.3) is 5.91 Å². The van der Waals surface area contributed by atoms with Gasteiger partial charge in [-0.3, -0.25) is 14.9 Å². The van der Waals surface area contributed by atoms with Crippen LogP contribution >= 0.6 is 39.1 Å². The SMILES string of the molecule is CC(C)(C)CC(C)(C)c1cc(Br)c(OCC(=O)N/N=C/c2ccc(Cl)cc2Cl)c([N+](=O)[O-])c1. The van der Waals surface area contributed by atoms with Crippen molar-refractivity contribution < 1.29 is 14.5 Å². The zero-order chi connectivity index (χ0) is 25.0. The molecular formula is C23H26BrCl2N3O4. The number of rotatable bonds is 8. The largest absolute Gasteiger partial charge is 0.476 e. The third kappa shape index (κ3) is 7.98. The number of amides is 1. The van der Waals surface area contributed by atoms with Crippen molar-refractivity contribution in [2.45, 2.75) is 46.5 Å². The average molecular weight is 559 g/mol. The Labute approximate surface area is 211 Å².